The second-order valence-corrected chi connectivity index (χ2v) is 5.94. The van der Waals surface area contributed by atoms with Gasteiger partial charge in [0.1, 0.15) is 0 Å². The van der Waals surface area contributed by atoms with Gasteiger partial charge >= 0.3 is 0 Å². The SMILES string of the molecule is CCCCN(C)c1ccc(NS(C)(=O)=O)cc1. The Hall–Kier alpha value is -1.23. The molecule has 0 heterocycles. The van der Waals surface area contributed by atoms with Crippen LogP contribution in [0.15, 0.2) is 24.3 Å². The first-order valence-electron chi connectivity index (χ1n) is 5.71. The van der Waals surface area contributed by atoms with Crippen LogP contribution < -0.4 is 9.62 Å². The highest BCUT2D eigenvalue weighted by atomic mass is 32.2. The minimum atomic E-state index is -3.19. The lowest BCUT2D eigenvalue weighted by Crippen LogP contribution is -2.18. The molecule has 4 nitrogen and oxygen atoms in total. The highest BCUT2D eigenvalue weighted by molar-refractivity contribution is 7.92. The highest BCUT2D eigenvalue weighted by Gasteiger charge is 2.03. The van der Waals surface area contributed by atoms with Gasteiger partial charge in [-0.2, -0.15) is 0 Å². The van der Waals surface area contributed by atoms with E-state index in [1.54, 1.807) is 12.1 Å². The summed E-state index contributed by atoms with van der Waals surface area (Å²) in [6.07, 6.45) is 3.46. The molecule has 1 N–H and O–H groups in total. The molecule has 0 fully saturated rings. The van der Waals surface area contributed by atoms with Crippen LogP contribution in [0.1, 0.15) is 19.8 Å². The Morgan fingerprint density at radius 3 is 2.29 bits per heavy atom. The average molecular weight is 256 g/mol. The standard InChI is InChI=1S/C12H20N2O2S/c1-4-5-10-14(2)12-8-6-11(7-9-12)13-17(3,15)16/h6-9,13H,4-5,10H2,1-3H3. The normalized spacial score (nSPS) is 11.2. The molecule has 0 aliphatic heterocycles. The Balaban J connectivity index is 2.67. The number of unbranched alkanes of at least 4 members (excludes halogenated alkanes) is 1. The molecule has 0 radical (unpaired) electrons. The van der Waals surface area contributed by atoms with Crippen molar-refractivity contribution in [3.63, 3.8) is 0 Å². The second-order valence-electron chi connectivity index (χ2n) is 4.20. The van der Waals surface area contributed by atoms with Gasteiger partial charge in [0.15, 0.2) is 0 Å². The molecule has 1 rings (SSSR count). The van der Waals surface area contributed by atoms with Gasteiger partial charge in [-0.25, -0.2) is 8.42 Å². The largest absolute Gasteiger partial charge is 0.375 e. The smallest absolute Gasteiger partial charge is 0.229 e. The van der Waals surface area contributed by atoms with Crippen LogP contribution in [0.2, 0.25) is 0 Å². The fourth-order valence-corrected chi connectivity index (χ4v) is 2.09. The molecule has 0 amide bonds. The van der Waals surface area contributed by atoms with Crippen LogP contribution in [0.4, 0.5) is 11.4 Å². The van der Waals surface area contributed by atoms with Crippen molar-refractivity contribution in [3.8, 4) is 0 Å². The number of anilines is 2. The highest BCUT2D eigenvalue weighted by Crippen LogP contribution is 2.17. The summed E-state index contributed by atoms with van der Waals surface area (Å²) < 4.78 is 24.5. The van der Waals surface area contributed by atoms with E-state index in [0.717, 1.165) is 31.3 Å². The van der Waals surface area contributed by atoms with Crippen LogP contribution in [0.3, 0.4) is 0 Å². The third-order valence-corrected chi connectivity index (χ3v) is 3.06. The first-order chi connectivity index (χ1) is 7.92. The number of rotatable bonds is 6. The lowest BCUT2D eigenvalue weighted by Gasteiger charge is -2.19. The summed E-state index contributed by atoms with van der Waals surface area (Å²) in [7, 11) is -1.15. The molecule has 96 valence electrons. The minimum absolute atomic E-state index is 0.597. The van der Waals surface area contributed by atoms with Crippen molar-refractivity contribution in [3.05, 3.63) is 24.3 Å². The van der Waals surface area contributed by atoms with Gasteiger partial charge in [0.2, 0.25) is 10.0 Å². The second kappa shape index (κ2) is 5.91. The quantitative estimate of drug-likeness (QED) is 0.849. The zero-order valence-corrected chi connectivity index (χ0v) is 11.4. The predicted molar refractivity (Wildman–Crippen MR) is 73.1 cm³/mol. The molecular weight excluding hydrogens is 236 g/mol. The zero-order chi connectivity index (χ0) is 12.9. The monoisotopic (exact) mass is 256 g/mol. The van der Waals surface area contributed by atoms with E-state index in [2.05, 4.69) is 16.5 Å². The summed E-state index contributed by atoms with van der Waals surface area (Å²) in [6, 6.07) is 7.39. The van der Waals surface area contributed by atoms with Gasteiger partial charge in [0.05, 0.1) is 6.26 Å². The molecule has 0 saturated carbocycles. The van der Waals surface area contributed by atoms with Gasteiger partial charge in [0.25, 0.3) is 0 Å². The van der Waals surface area contributed by atoms with Gasteiger partial charge in [-0.3, -0.25) is 4.72 Å². The van der Waals surface area contributed by atoms with Crippen molar-refractivity contribution >= 4 is 21.4 Å². The van der Waals surface area contributed by atoms with E-state index in [1.807, 2.05) is 19.2 Å². The first kappa shape index (κ1) is 13.8. The molecule has 0 atom stereocenters. The van der Waals surface area contributed by atoms with Gasteiger partial charge < -0.3 is 4.90 Å². The summed E-state index contributed by atoms with van der Waals surface area (Å²) in [4.78, 5) is 2.16. The lowest BCUT2D eigenvalue weighted by molar-refractivity contribution is 0.607. The Kier molecular flexibility index (Phi) is 4.81. The summed E-state index contributed by atoms with van der Waals surface area (Å²) in [6.45, 7) is 3.17. The number of nitrogens with zero attached hydrogens (tertiary/aromatic N) is 1. The average Bonchev–Trinajstić information content (AvgIpc) is 2.24. The van der Waals surface area contributed by atoms with Crippen molar-refractivity contribution in [1.82, 2.24) is 0 Å². The fraction of sp³-hybridized carbons (Fsp3) is 0.500. The Labute approximate surface area is 104 Å². The molecule has 1 aromatic carbocycles. The van der Waals surface area contributed by atoms with Gasteiger partial charge in [-0.15, -0.1) is 0 Å². The van der Waals surface area contributed by atoms with Crippen LogP contribution in [0.5, 0.6) is 0 Å². The number of hydrogen-bond donors (Lipinski definition) is 1. The third-order valence-electron chi connectivity index (χ3n) is 2.46. The van der Waals surface area contributed by atoms with Crippen LogP contribution >= 0.6 is 0 Å². The summed E-state index contributed by atoms with van der Waals surface area (Å²) in [5.74, 6) is 0. The molecule has 0 spiro atoms. The number of nitrogens with one attached hydrogen (secondary N) is 1. The fourth-order valence-electron chi connectivity index (χ4n) is 1.52. The summed E-state index contributed by atoms with van der Waals surface area (Å²) in [5, 5.41) is 0. The topological polar surface area (TPSA) is 49.4 Å². The number of sulfonamides is 1. The number of benzene rings is 1. The van der Waals surface area contributed by atoms with Crippen LogP contribution in [-0.4, -0.2) is 28.3 Å². The molecule has 0 aliphatic rings. The molecule has 0 aromatic heterocycles. The first-order valence-corrected chi connectivity index (χ1v) is 7.60. The van der Waals surface area contributed by atoms with Crippen molar-refractivity contribution in [2.45, 2.75) is 19.8 Å². The maximum Gasteiger partial charge on any atom is 0.229 e. The maximum absolute atomic E-state index is 11.0. The van der Waals surface area contributed by atoms with E-state index < -0.39 is 10.0 Å². The van der Waals surface area contributed by atoms with E-state index in [9.17, 15) is 8.42 Å². The van der Waals surface area contributed by atoms with E-state index in [1.165, 1.54) is 0 Å². The van der Waals surface area contributed by atoms with Crippen molar-refractivity contribution in [2.24, 2.45) is 0 Å². The van der Waals surface area contributed by atoms with Gasteiger partial charge in [-0.05, 0) is 30.7 Å². The van der Waals surface area contributed by atoms with Crippen LogP contribution in [-0.2, 0) is 10.0 Å². The molecule has 0 bridgehead atoms. The van der Waals surface area contributed by atoms with Crippen molar-refractivity contribution in [1.29, 1.82) is 0 Å². The van der Waals surface area contributed by atoms with Crippen molar-refractivity contribution in [2.75, 3.05) is 29.5 Å². The molecule has 0 unspecified atom stereocenters. The van der Waals surface area contributed by atoms with Gasteiger partial charge in [-0.1, -0.05) is 13.3 Å². The van der Waals surface area contributed by atoms with E-state index >= 15 is 0 Å². The Morgan fingerprint density at radius 1 is 1.24 bits per heavy atom. The maximum atomic E-state index is 11.0. The van der Waals surface area contributed by atoms with Crippen LogP contribution in [0.25, 0.3) is 0 Å². The molecular formula is C12H20N2O2S. The van der Waals surface area contributed by atoms with E-state index in [0.29, 0.717) is 5.69 Å². The Bertz CT molecular complexity index is 440. The van der Waals surface area contributed by atoms with E-state index in [-0.39, 0.29) is 0 Å². The van der Waals surface area contributed by atoms with E-state index in [4.69, 9.17) is 0 Å². The lowest BCUT2D eigenvalue weighted by atomic mass is 10.2. The third kappa shape index (κ3) is 5.08. The predicted octanol–water partition coefficient (Wildman–Crippen LogP) is 2.29. The molecule has 1 aromatic rings. The zero-order valence-electron chi connectivity index (χ0n) is 10.6. The summed E-state index contributed by atoms with van der Waals surface area (Å²) in [5.41, 5.74) is 1.69. The van der Waals surface area contributed by atoms with Gasteiger partial charge in [0, 0.05) is 25.0 Å². The Morgan fingerprint density at radius 2 is 1.82 bits per heavy atom. The number of hydrogen-bond acceptors (Lipinski definition) is 3. The van der Waals surface area contributed by atoms with Crippen LogP contribution in [0, 0.1) is 0 Å². The minimum Gasteiger partial charge on any atom is -0.375 e. The molecule has 0 aliphatic carbocycles. The molecule has 5 heteroatoms. The molecule has 17 heavy (non-hydrogen) atoms. The summed E-state index contributed by atoms with van der Waals surface area (Å²) >= 11 is 0. The molecule has 0 saturated heterocycles. The van der Waals surface area contributed by atoms with Crippen molar-refractivity contribution < 1.29 is 8.42 Å².